The van der Waals surface area contributed by atoms with Gasteiger partial charge in [0.25, 0.3) is 0 Å². The summed E-state index contributed by atoms with van der Waals surface area (Å²) in [5.74, 6) is 1.40. The normalized spacial score (nSPS) is 14.5. The molecule has 15 heavy (non-hydrogen) atoms. The van der Waals surface area contributed by atoms with Gasteiger partial charge in [0.1, 0.15) is 18.1 Å². The molecule has 0 radical (unpaired) electrons. The van der Waals surface area contributed by atoms with Crippen LogP contribution in [0.4, 0.5) is 5.69 Å². The second-order valence-corrected chi connectivity index (χ2v) is 4.08. The number of anilines is 1. The molecule has 0 fully saturated rings. The van der Waals surface area contributed by atoms with Gasteiger partial charge in [-0.05, 0) is 12.0 Å². The van der Waals surface area contributed by atoms with Crippen molar-refractivity contribution < 1.29 is 9.84 Å². The molecular formula is C12H15NO2. The standard InChI is InChI=1S/C12H15NO2/c1-7(2)10-4-9(14)5-11-12(10)15-6-8(3)13-11/h4-5,7,13-14H,3,6H2,1-2H3. The van der Waals surface area contributed by atoms with Crippen LogP contribution >= 0.6 is 0 Å². The third-order valence-electron chi connectivity index (χ3n) is 2.43. The third kappa shape index (κ3) is 1.77. The van der Waals surface area contributed by atoms with Crippen LogP contribution in [0.15, 0.2) is 24.4 Å². The fraction of sp³-hybridized carbons (Fsp3) is 0.333. The number of aromatic hydroxyl groups is 1. The molecule has 0 saturated heterocycles. The van der Waals surface area contributed by atoms with Crippen LogP contribution in [-0.4, -0.2) is 11.7 Å². The highest BCUT2D eigenvalue weighted by Crippen LogP contribution is 2.40. The Morgan fingerprint density at radius 3 is 2.87 bits per heavy atom. The van der Waals surface area contributed by atoms with E-state index in [2.05, 4.69) is 25.7 Å². The number of phenolic OH excluding ortho intramolecular Hbond substituents is 1. The Balaban J connectivity index is 2.53. The number of hydrogen-bond donors (Lipinski definition) is 2. The van der Waals surface area contributed by atoms with Gasteiger partial charge in [-0.1, -0.05) is 20.4 Å². The zero-order valence-electron chi connectivity index (χ0n) is 9.00. The van der Waals surface area contributed by atoms with Gasteiger partial charge < -0.3 is 15.2 Å². The van der Waals surface area contributed by atoms with Crippen molar-refractivity contribution in [3.05, 3.63) is 30.0 Å². The monoisotopic (exact) mass is 205 g/mol. The molecule has 80 valence electrons. The molecule has 0 bridgehead atoms. The van der Waals surface area contributed by atoms with Crippen molar-refractivity contribution >= 4 is 5.69 Å². The topological polar surface area (TPSA) is 41.5 Å². The number of ether oxygens (including phenoxy) is 1. The molecule has 1 aromatic rings. The van der Waals surface area contributed by atoms with Gasteiger partial charge in [0.2, 0.25) is 0 Å². The van der Waals surface area contributed by atoms with Crippen molar-refractivity contribution in [3.8, 4) is 11.5 Å². The van der Waals surface area contributed by atoms with Crippen molar-refractivity contribution in [1.82, 2.24) is 0 Å². The summed E-state index contributed by atoms with van der Waals surface area (Å²) in [6.07, 6.45) is 0. The van der Waals surface area contributed by atoms with Crippen molar-refractivity contribution in [1.29, 1.82) is 0 Å². The Labute approximate surface area is 89.4 Å². The molecule has 0 amide bonds. The van der Waals surface area contributed by atoms with E-state index in [0.717, 1.165) is 22.7 Å². The number of benzene rings is 1. The first kappa shape index (κ1) is 9.90. The third-order valence-corrected chi connectivity index (χ3v) is 2.43. The first-order valence-electron chi connectivity index (χ1n) is 5.02. The molecule has 0 unspecified atom stereocenters. The Kier molecular flexibility index (Phi) is 2.31. The van der Waals surface area contributed by atoms with E-state index in [-0.39, 0.29) is 5.75 Å². The summed E-state index contributed by atoms with van der Waals surface area (Å²) in [6, 6.07) is 3.41. The van der Waals surface area contributed by atoms with Crippen LogP contribution in [0.5, 0.6) is 11.5 Å². The van der Waals surface area contributed by atoms with Gasteiger partial charge in [0.05, 0.1) is 5.69 Å². The van der Waals surface area contributed by atoms with Crippen LogP contribution < -0.4 is 10.1 Å². The van der Waals surface area contributed by atoms with E-state index in [4.69, 9.17) is 4.74 Å². The highest BCUT2D eigenvalue weighted by Gasteiger charge is 2.19. The molecule has 2 rings (SSSR count). The molecule has 0 saturated carbocycles. The van der Waals surface area contributed by atoms with Gasteiger partial charge in [-0.3, -0.25) is 0 Å². The predicted octanol–water partition coefficient (Wildman–Crippen LogP) is 2.83. The molecule has 1 aromatic carbocycles. The summed E-state index contributed by atoms with van der Waals surface area (Å²) in [4.78, 5) is 0. The van der Waals surface area contributed by atoms with Crippen molar-refractivity contribution in [2.24, 2.45) is 0 Å². The molecular weight excluding hydrogens is 190 g/mol. The van der Waals surface area contributed by atoms with Crippen molar-refractivity contribution in [3.63, 3.8) is 0 Å². The highest BCUT2D eigenvalue weighted by molar-refractivity contribution is 5.67. The van der Waals surface area contributed by atoms with Gasteiger partial charge in [-0.15, -0.1) is 0 Å². The first-order valence-corrected chi connectivity index (χ1v) is 5.02. The van der Waals surface area contributed by atoms with Gasteiger partial charge >= 0.3 is 0 Å². The Bertz CT molecular complexity index is 410. The number of hydrogen-bond acceptors (Lipinski definition) is 3. The Hall–Kier alpha value is -1.64. The van der Waals surface area contributed by atoms with Gasteiger partial charge in [0.15, 0.2) is 0 Å². The molecule has 2 N–H and O–H groups in total. The van der Waals surface area contributed by atoms with Crippen molar-refractivity contribution in [2.45, 2.75) is 19.8 Å². The molecule has 3 nitrogen and oxygen atoms in total. The zero-order chi connectivity index (χ0) is 11.0. The molecule has 0 aliphatic carbocycles. The number of fused-ring (bicyclic) bond motifs is 1. The predicted molar refractivity (Wildman–Crippen MR) is 60.5 cm³/mol. The van der Waals surface area contributed by atoms with E-state index >= 15 is 0 Å². The lowest BCUT2D eigenvalue weighted by atomic mass is 10.00. The van der Waals surface area contributed by atoms with Crippen LogP contribution in [0, 0.1) is 0 Å². The summed E-state index contributed by atoms with van der Waals surface area (Å²) < 4.78 is 5.61. The molecule has 1 heterocycles. The highest BCUT2D eigenvalue weighted by atomic mass is 16.5. The summed E-state index contributed by atoms with van der Waals surface area (Å²) in [6.45, 7) is 8.43. The summed E-state index contributed by atoms with van der Waals surface area (Å²) >= 11 is 0. The fourth-order valence-corrected chi connectivity index (χ4v) is 1.70. The molecule has 1 aliphatic rings. The maximum Gasteiger partial charge on any atom is 0.147 e. The van der Waals surface area contributed by atoms with E-state index in [1.54, 1.807) is 12.1 Å². The maximum atomic E-state index is 9.58. The summed E-state index contributed by atoms with van der Waals surface area (Å²) in [7, 11) is 0. The molecule has 1 aliphatic heterocycles. The van der Waals surface area contributed by atoms with E-state index in [0.29, 0.717) is 12.5 Å². The van der Waals surface area contributed by atoms with Gasteiger partial charge in [0, 0.05) is 17.3 Å². The van der Waals surface area contributed by atoms with E-state index < -0.39 is 0 Å². The van der Waals surface area contributed by atoms with Crippen LogP contribution in [-0.2, 0) is 0 Å². The SMILES string of the molecule is C=C1COc2c(cc(O)cc2C(C)C)N1. The van der Waals surface area contributed by atoms with Crippen LogP contribution in [0.2, 0.25) is 0 Å². The minimum absolute atomic E-state index is 0.253. The number of phenols is 1. The van der Waals surface area contributed by atoms with E-state index in [1.165, 1.54) is 0 Å². The number of rotatable bonds is 1. The Morgan fingerprint density at radius 1 is 1.47 bits per heavy atom. The average molecular weight is 205 g/mol. The quantitative estimate of drug-likeness (QED) is 0.740. The minimum atomic E-state index is 0.253. The first-order chi connectivity index (χ1) is 7.08. The summed E-state index contributed by atoms with van der Waals surface area (Å²) in [5, 5.41) is 12.7. The zero-order valence-corrected chi connectivity index (χ0v) is 9.00. The van der Waals surface area contributed by atoms with Crippen LogP contribution in [0.3, 0.4) is 0 Å². The lowest BCUT2D eigenvalue weighted by molar-refractivity contribution is 0.340. The largest absolute Gasteiger partial charge is 0.508 e. The average Bonchev–Trinajstić information content (AvgIpc) is 2.15. The fourth-order valence-electron chi connectivity index (χ4n) is 1.70. The maximum absolute atomic E-state index is 9.58. The smallest absolute Gasteiger partial charge is 0.147 e. The molecule has 0 atom stereocenters. The lowest BCUT2D eigenvalue weighted by Crippen LogP contribution is -2.16. The van der Waals surface area contributed by atoms with Crippen molar-refractivity contribution in [2.75, 3.05) is 11.9 Å². The second kappa shape index (κ2) is 3.50. The molecule has 0 spiro atoms. The minimum Gasteiger partial charge on any atom is -0.508 e. The van der Waals surface area contributed by atoms with Gasteiger partial charge in [-0.25, -0.2) is 0 Å². The second-order valence-electron chi connectivity index (χ2n) is 4.08. The van der Waals surface area contributed by atoms with E-state index in [1.807, 2.05) is 0 Å². The Morgan fingerprint density at radius 2 is 2.20 bits per heavy atom. The molecule has 3 heteroatoms. The lowest BCUT2D eigenvalue weighted by Gasteiger charge is -2.24. The van der Waals surface area contributed by atoms with Gasteiger partial charge in [-0.2, -0.15) is 0 Å². The molecule has 0 aromatic heterocycles. The van der Waals surface area contributed by atoms with E-state index in [9.17, 15) is 5.11 Å². The summed E-state index contributed by atoms with van der Waals surface area (Å²) in [5.41, 5.74) is 2.63. The van der Waals surface area contributed by atoms with Crippen LogP contribution in [0.1, 0.15) is 25.3 Å². The van der Waals surface area contributed by atoms with Crippen LogP contribution in [0.25, 0.3) is 0 Å². The number of nitrogens with one attached hydrogen (secondary N) is 1.